The third kappa shape index (κ3) is 11.5. The zero-order valence-corrected chi connectivity index (χ0v) is 34.9. The molecule has 3 unspecified atom stereocenters. The van der Waals surface area contributed by atoms with Crippen LogP contribution in [0.2, 0.25) is 5.02 Å². The van der Waals surface area contributed by atoms with Gasteiger partial charge in [0.05, 0.1) is 24.0 Å². The molecular formula is C37H39Cl3F6N8O7. The van der Waals surface area contributed by atoms with E-state index in [1.54, 1.807) is 25.2 Å². The maximum absolute atomic E-state index is 15.4. The summed E-state index contributed by atoms with van der Waals surface area (Å²) in [6, 6.07) is 10.7. The normalized spacial score (nSPS) is 13.3. The van der Waals surface area contributed by atoms with Gasteiger partial charge in [-0.3, -0.25) is 9.69 Å². The molecule has 5 rings (SSSR count). The van der Waals surface area contributed by atoms with Crippen molar-refractivity contribution in [2.24, 2.45) is 0 Å². The number of hydrogen-bond donors (Lipinski definition) is 2. The van der Waals surface area contributed by atoms with Crippen LogP contribution >= 0.6 is 24.0 Å². The van der Waals surface area contributed by atoms with Crippen LogP contribution in [0.25, 0.3) is 5.69 Å². The predicted molar refractivity (Wildman–Crippen MR) is 204 cm³/mol. The minimum atomic E-state index is -4.39. The van der Waals surface area contributed by atoms with Gasteiger partial charge in [-0.05, 0) is 56.4 Å². The third-order valence-electron chi connectivity index (χ3n) is 9.14. The van der Waals surface area contributed by atoms with E-state index in [4.69, 9.17) is 25.8 Å². The van der Waals surface area contributed by atoms with E-state index >= 15 is 4.39 Å². The SMILES string of the molecule is CNCC(=O)OCc1c(Cl)cccc1N(C)C(=O)OC(C)[n+]1cnn(CC(O)(c2ccc(F)cc2F)C(C)n2ncn(-c3ccc(OCC(F)(F)C(F)F)cc3)c2=O)c1.Cl.[Cl-]. The number of aromatic nitrogens is 6. The molecule has 0 saturated carbocycles. The minimum absolute atomic E-state index is 0. The molecule has 332 valence electrons. The standard InChI is InChI=1S/C37H38ClF6N8O7.2ClH/c1-22(52-34(54)51(20-47-52)25-9-11-26(12-10-25)58-18-37(43,44)33(41)42)36(56,28-13-8-24(39)14-30(28)40)17-50-21-49(19-46-50)23(2)59-35(55)48(4)31-7-5-6-29(38)27(31)16-57-32(53)15-45-3;;/h5-14,19-23,33,45,56H,15-18H2,1-4H3;2*1H/q+1;;/p-1. The van der Waals surface area contributed by atoms with Crippen LogP contribution in [0.1, 0.15) is 37.2 Å². The Kier molecular flexibility index (Phi) is 17.2. The van der Waals surface area contributed by atoms with Crippen molar-refractivity contribution in [2.45, 2.75) is 57.2 Å². The fourth-order valence-electron chi connectivity index (χ4n) is 5.78. The van der Waals surface area contributed by atoms with Crippen LogP contribution in [0.15, 0.2) is 84.4 Å². The van der Waals surface area contributed by atoms with E-state index in [-0.39, 0.29) is 54.4 Å². The van der Waals surface area contributed by atoms with E-state index < -0.39 is 78.3 Å². The van der Waals surface area contributed by atoms with Gasteiger partial charge in [0.2, 0.25) is 12.6 Å². The maximum atomic E-state index is 15.4. The van der Waals surface area contributed by atoms with E-state index in [0.717, 1.165) is 44.7 Å². The molecule has 2 heterocycles. The second-order valence-electron chi connectivity index (χ2n) is 13.2. The highest BCUT2D eigenvalue weighted by Crippen LogP contribution is 2.36. The number of nitrogens with zero attached hydrogens (tertiary/aromatic N) is 7. The first-order valence-electron chi connectivity index (χ1n) is 17.5. The molecule has 3 aromatic carbocycles. The molecule has 0 fully saturated rings. The number of ether oxygens (including phenoxy) is 3. The molecule has 2 aromatic heterocycles. The zero-order chi connectivity index (χ0) is 43.2. The number of alkyl halides is 4. The van der Waals surface area contributed by atoms with E-state index in [1.165, 1.54) is 54.9 Å². The molecule has 0 saturated heterocycles. The number of rotatable bonds is 17. The first-order valence-corrected chi connectivity index (χ1v) is 17.9. The minimum Gasteiger partial charge on any atom is -1.00 e. The van der Waals surface area contributed by atoms with Crippen LogP contribution in [0.3, 0.4) is 0 Å². The lowest BCUT2D eigenvalue weighted by atomic mass is 9.86. The number of carbonyl (C=O) groups excluding carboxylic acids is 2. The van der Waals surface area contributed by atoms with Crippen molar-refractivity contribution >= 4 is 41.8 Å². The second kappa shape index (κ2) is 21.0. The lowest BCUT2D eigenvalue weighted by Gasteiger charge is -2.32. The molecule has 3 atom stereocenters. The Hall–Kier alpha value is -5.35. The summed E-state index contributed by atoms with van der Waals surface area (Å²) in [4.78, 5) is 40.0. The van der Waals surface area contributed by atoms with E-state index in [1.807, 2.05) is 0 Å². The second-order valence-corrected chi connectivity index (χ2v) is 13.6. The van der Waals surface area contributed by atoms with Crippen LogP contribution in [0.4, 0.5) is 36.8 Å². The Morgan fingerprint density at radius 1 is 1.07 bits per heavy atom. The number of anilines is 1. The summed E-state index contributed by atoms with van der Waals surface area (Å²) in [5.41, 5.74) is -2.86. The monoisotopic (exact) mass is 926 g/mol. The molecule has 0 aliphatic heterocycles. The summed E-state index contributed by atoms with van der Waals surface area (Å²) in [6.45, 7) is 0.446. The number of esters is 1. The molecule has 61 heavy (non-hydrogen) atoms. The number of halogens is 9. The fourth-order valence-corrected chi connectivity index (χ4v) is 6.01. The highest BCUT2D eigenvalue weighted by molar-refractivity contribution is 6.31. The van der Waals surface area contributed by atoms with Crippen molar-refractivity contribution in [1.29, 1.82) is 0 Å². The molecule has 5 aromatic rings. The third-order valence-corrected chi connectivity index (χ3v) is 9.49. The topological polar surface area (TPSA) is 159 Å². The van der Waals surface area contributed by atoms with E-state index in [0.29, 0.717) is 17.3 Å². The van der Waals surface area contributed by atoms with Gasteiger partial charge in [-0.2, -0.15) is 18.4 Å². The van der Waals surface area contributed by atoms with Gasteiger partial charge in [-0.25, -0.2) is 36.4 Å². The molecule has 15 nitrogen and oxygen atoms in total. The largest absolute Gasteiger partial charge is 1.00 e. The molecule has 0 aliphatic carbocycles. The number of likely N-dealkylation sites (N-methyl/N-ethyl adjacent to an activating group) is 1. The van der Waals surface area contributed by atoms with Gasteiger partial charge in [0.1, 0.15) is 42.5 Å². The van der Waals surface area contributed by atoms with Gasteiger partial charge >= 0.3 is 30.1 Å². The van der Waals surface area contributed by atoms with Crippen molar-refractivity contribution in [2.75, 3.05) is 32.1 Å². The first-order chi connectivity index (χ1) is 27.9. The van der Waals surface area contributed by atoms with Crippen molar-refractivity contribution in [3.05, 3.63) is 118 Å². The van der Waals surface area contributed by atoms with Crippen molar-refractivity contribution in [3.63, 3.8) is 0 Å². The van der Waals surface area contributed by atoms with Crippen LogP contribution in [0.5, 0.6) is 5.75 Å². The summed E-state index contributed by atoms with van der Waals surface area (Å²) >= 11 is 6.36. The Balaban J connectivity index is 0.00000496. The number of hydrogen-bond acceptors (Lipinski definition) is 10. The van der Waals surface area contributed by atoms with Crippen molar-refractivity contribution < 1.29 is 72.2 Å². The highest BCUT2D eigenvalue weighted by Gasteiger charge is 2.44. The summed E-state index contributed by atoms with van der Waals surface area (Å²) in [7, 11) is 3.00. The van der Waals surface area contributed by atoms with Crippen LogP contribution in [-0.2, 0) is 33.0 Å². The van der Waals surface area contributed by atoms with Gasteiger partial charge in [0.15, 0.2) is 6.61 Å². The summed E-state index contributed by atoms with van der Waals surface area (Å²) in [5.74, 6) is -7.21. The molecule has 0 radical (unpaired) electrons. The number of aliphatic hydroxyl groups is 1. The van der Waals surface area contributed by atoms with Gasteiger partial charge < -0.3 is 37.0 Å². The van der Waals surface area contributed by atoms with E-state index in [2.05, 4.69) is 15.5 Å². The highest BCUT2D eigenvalue weighted by atomic mass is 35.5. The molecule has 2 N–H and O–H groups in total. The van der Waals surface area contributed by atoms with Gasteiger partial charge in [0, 0.05) is 41.3 Å². The first kappa shape index (κ1) is 50.0. The lowest BCUT2D eigenvalue weighted by molar-refractivity contribution is -0.753. The summed E-state index contributed by atoms with van der Waals surface area (Å²) in [6.07, 6.45) is -2.16. The fraction of sp³-hybridized carbons (Fsp3) is 0.351. The molecule has 24 heteroatoms. The zero-order valence-electron chi connectivity index (χ0n) is 32.5. The average Bonchev–Trinajstić information content (AvgIpc) is 3.82. The molecule has 0 spiro atoms. The van der Waals surface area contributed by atoms with Crippen molar-refractivity contribution in [1.82, 2.24) is 29.4 Å². The molecular weight excluding hydrogens is 889 g/mol. The maximum Gasteiger partial charge on any atom is 0.416 e. The van der Waals surface area contributed by atoms with E-state index in [9.17, 15) is 41.4 Å². The Morgan fingerprint density at radius 3 is 2.39 bits per heavy atom. The Bertz CT molecular complexity index is 2340. The predicted octanol–water partition coefficient (Wildman–Crippen LogP) is 2.36. The Labute approximate surface area is 361 Å². The number of nitrogens with one attached hydrogen (secondary N) is 1. The van der Waals surface area contributed by atoms with Gasteiger partial charge in [0.25, 0.3) is 6.33 Å². The smallest absolute Gasteiger partial charge is 0.416 e. The lowest BCUT2D eigenvalue weighted by Crippen LogP contribution is -3.00. The van der Waals surface area contributed by atoms with Gasteiger partial charge in [-0.15, -0.1) is 17.1 Å². The average molecular weight is 928 g/mol. The molecule has 1 amide bonds. The quantitative estimate of drug-likeness (QED) is 0.0807. The summed E-state index contributed by atoms with van der Waals surface area (Å²) < 4.78 is 101. The van der Waals surface area contributed by atoms with Crippen LogP contribution < -0.4 is 37.6 Å². The van der Waals surface area contributed by atoms with Crippen LogP contribution in [-0.4, -0.2) is 80.9 Å². The molecule has 0 aliphatic rings. The number of carbonyl (C=O) groups is 2. The summed E-state index contributed by atoms with van der Waals surface area (Å²) in [5, 5.41) is 23.5. The number of amides is 1. The van der Waals surface area contributed by atoms with Gasteiger partial charge in [-0.1, -0.05) is 23.7 Å². The van der Waals surface area contributed by atoms with Crippen LogP contribution in [0, 0.1) is 11.6 Å². The molecule has 0 bridgehead atoms. The Morgan fingerprint density at radius 2 is 1.75 bits per heavy atom. The van der Waals surface area contributed by atoms with Crippen molar-refractivity contribution in [3.8, 4) is 11.4 Å². The number of benzene rings is 3.